The summed E-state index contributed by atoms with van der Waals surface area (Å²) in [6, 6.07) is 14.2. The van der Waals surface area contributed by atoms with Gasteiger partial charge in [0.25, 0.3) is 5.91 Å². The topological polar surface area (TPSA) is 65.7 Å². The van der Waals surface area contributed by atoms with E-state index in [9.17, 15) is 4.79 Å². The van der Waals surface area contributed by atoms with Gasteiger partial charge in [-0.3, -0.25) is 4.79 Å². The summed E-state index contributed by atoms with van der Waals surface area (Å²) < 4.78 is 0. The molecule has 0 saturated carbocycles. The first-order valence-corrected chi connectivity index (χ1v) is 10.1. The highest BCUT2D eigenvalue weighted by atomic mass is 16.2. The Labute approximate surface area is 166 Å². The lowest BCUT2D eigenvalue weighted by Crippen LogP contribution is -2.44. The molecule has 2 aliphatic heterocycles. The molecule has 2 fully saturated rings. The van der Waals surface area contributed by atoms with Gasteiger partial charge in [-0.2, -0.15) is 0 Å². The average Bonchev–Trinajstić information content (AvgIpc) is 3.19. The summed E-state index contributed by atoms with van der Waals surface area (Å²) in [5.41, 5.74) is 8.02. The largest absolute Gasteiger partial charge is 0.354 e. The van der Waals surface area contributed by atoms with E-state index in [0.717, 1.165) is 38.5 Å². The maximum atomic E-state index is 13.2. The van der Waals surface area contributed by atoms with Crippen LogP contribution < -0.4 is 10.6 Å². The van der Waals surface area contributed by atoms with E-state index in [1.165, 1.54) is 5.56 Å². The fraction of sp³-hybridized carbons (Fsp3) is 0.455. The van der Waals surface area contributed by atoms with Crippen molar-refractivity contribution in [3.63, 3.8) is 0 Å². The SMILES string of the molecule is CN1CCN(c2cc(C(=O)N3C[C@@H](CN)[C@H](c4ccccc4)C3)ccn2)CC1. The number of hydrogen-bond acceptors (Lipinski definition) is 5. The van der Waals surface area contributed by atoms with Crippen LogP contribution in [0.4, 0.5) is 5.82 Å². The Bertz CT molecular complexity index is 804. The molecule has 2 aliphatic rings. The highest BCUT2D eigenvalue weighted by molar-refractivity contribution is 5.95. The third-order valence-corrected chi connectivity index (χ3v) is 6.08. The van der Waals surface area contributed by atoms with Crippen LogP contribution in [0.5, 0.6) is 0 Å². The molecule has 0 radical (unpaired) electrons. The van der Waals surface area contributed by atoms with Crippen LogP contribution in [0, 0.1) is 5.92 Å². The van der Waals surface area contributed by atoms with Crippen molar-refractivity contribution in [2.24, 2.45) is 11.7 Å². The van der Waals surface area contributed by atoms with Crippen molar-refractivity contribution < 1.29 is 4.79 Å². The zero-order valence-electron chi connectivity index (χ0n) is 16.5. The van der Waals surface area contributed by atoms with Crippen molar-refractivity contribution in [3.8, 4) is 0 Å². The number of nitrogens with zero attached hydrogens (tertiary/aromatic N) is 4. The zero-order chi connectivity index (χ0) is 19.5. The number of hydrogen-bond donors (Lipinski definition) is 1. The number of amides is 1. The third-order valence-electron chi connectivity index (χ3n) is 6.08. The first kappa shape index (κ1) is 18.9. The van der Waals surface area contributed by atoms with Crippen molar-refractivity contribution in [1.82, 2.24) is 14.8 Å². The molecular formula is C22H29N5O. The molecule has 2 saturated heterocycles. The van der Waals surface area contributed by atoms with Crippen LogP contribution in [0.25, 0.3) is 0 Å². The smallest absolute Gasteiger partial charge is 0.254 e. The number of likely N-dealkylation sites (tertiary alicyclic amines) is 1. The van der Waals surface area contributed by atoms with Crippen LogP contribution in [0.1, 0.15) is 21.8 Å². The summed E-state index contributed by atoms with van der Waals surface area (Å²) >= 11 is 0. The summed E-state index contributed by atoms with van der Waals surface area (Å²) in [5, 5.41) is 0. The van der Waals surface area contributed by atoms with Gasteiger partial charge in [-0.15, -0.1) is 0 Å². The molecule has 148 valence electrons. The molecule has 2 aromatic rings. The summed E-state index contributed by atoms with van der Waals surface area (Å²) in [4.78, 5) is 24.2. The van der Waals surface area contributed by atoms with Gasteiger partial charge in [0.2, 0.25) is 0 Å². The number of likely N-dealkylation sites (N-methyl/N-ethyl adjacent to an activating group) is 1. The van der Waals surface area contributed by atoms with Crippen molar-refractivity contribution in [2.75, 3.05) is 57.8 Å². The Kier molecular flexibility index (Phi) is 5.59. The fourth-order valence-corrected chi connectivity index (χ4v) is 4.30. The van der Waals surface area contributed by atoms with E-state index in [4.69, 9.17) is 5.73 Å². The lowest BCUT2D eigenvalue weighted by molar-refractivity contribution is 0.0786. The first-order chi connectivity index (χ1) is 13.7. The number of carbonyl (C=O) groups is 1. The highest BCUT2D eigenvalue weighted by Gasteiger charge is 2.35. The number of rotatable bonds is 4. The minimum absolute atomic E-state index is 0.0784. The summed E-state index contributed by atoms with van der Waals surface area (Å²) in [6.07, 6.45) is 1.76. The van der Waals surface area contributed by atoms with Crippen LogP contribution in [-0.2, 0) is 0 Å². The molecule has 2 N–H and O–H groups in total. The molecule has 1 aromatic carbocycles. The van der Waals surface area contributed by atoms with E-state index >= 15 is 0 Å². The van der Waals surface area contributed by atoms with E-state index in [1.807, 2.05) is 23.1 Å². The van der Waals surface area contributed by atoms with Gasteiger partial charge in [-0.1, -0.05) is 30.3 Å². The molecule has 0 unspecified atom stereocenters. The standard InChI is InChI=1S/C22H29N5O/c1-25-9-11-26(12-10-25)21-13-18(7-8-24-21)22(28)27-15-19(14-23)20(16-27)17-5-3-2-4-6-17/h2-8,13,19-20H,9-12,14-16,23H2,1H3/t19-,20+/m1/s1. The summed E-state index contributed by atoms with van der Waals surface area (Å²) in [7, 11) is 2.13. The van der Waals surface area contributed by atoms with Crippen molar-refractivity contribution >= 4 is 11.7 Å². The van der Waals surface area contributed by atoms with Crippen LogP contribution >= 0.6 is 0 Å². The van der Waals surface area contributed by atoms with E-state index in [-0.39, 0.29) is 5.91 Å². The quantitative estimate of drug-likeness (QED) is 0.875. The predicted octanol–water partition coefficient (Wildman–Crippen LogP) is 1.65. The van der Waals surface area contributed by atoms with Crippen LogP contribution in [-0.4, -0.2) is 73.6 Å². The van der Waals surface area contributed by atoms with E-state index in [0.29, 0.717) is 30.5 Å². The third kappa shape index (κ3) is 3.88. The molecular weight excluding hydrogens is 350 g/mol. The number of aromatic nitrogens is 1. The molecule has 6 heteroatoms. The van der Waals surface area contributed by atoms with Gasteiger partial charge in [0.1, 0.15) is 5.82 Å². The van der Waals surface area contributed by atoms with Crippen molar-refractivity contribution in [3.05, 3.63) is 59.8 Å². The van der Waals surface area contributed by atoms with E-state index in [2.05, 4.69) is 46.1 Å². The Morgan fingerprint density at radius 3 is 2.57 bits per heavy atom. The second kappa shape index (κ2) is 8.29. The monoisotopic (exact) mass is 379 g/mol. The number of piperazine rings is 1. The minimum Gasteiger partial charge on any atom is -0.354 e. The second-order valence-electron chi connectivity index (χ2n) is 7.92. The molecule has 2 atom stereocenters. The highest BCUT2D eigenvalue weighted by Crippen LogP contribution is 2.33. The summed E-state index contributed by atoms with van der Waals surface area (Å²) in [6.45, 7) is 5.93. The predicted molar refractivity (Wildman–Crippen MR) is 112 cm³/mol. The van der Waals surface area contributed by atoms with Gasteiger partial charge >= 0.3 is 0 Å². The van der Waals surface area contributed by atoms with Crippen LogP contribution in [0.3, 0.4) is 0 Å². The first-order valence-electron chi connectivity index (χ1n) is 10.1. The molecule has 6 nitrogen and oxygen atoms in total. The Balaban J connectivity index is 1.49. The minimum atomic E-state index is 0.0784. The van der Waals surface area contributed by atoms with Crippen molar-refractivity contribution in [2.45, 2.75) is 5.92 Å². The Morgan fingerprint density at radius 1 is 1.11 bits per heavy atom. The molecule has 3 heterocycles. The molecule has 0 bridgehead atoms. The number of anilines is 1. The molecule has 4 rings (SSSR count). The van der Waals surface area contributed by atoms with E-state index in [1.54, 1.807) is 6.20 Å². The normalized spacial score (nSPS) is 23.2. The average molecular weight is 380 g/mol. The number of benzene rings is 1. The van der Waals surface area contributed by atoms with Crippen molar-refractivity contribution in [1.29, 1.82) is 0 Å². The zero-order valence-corrected chi connectivity index (χ0v) is 16.5. The second-order valence-corrected chi connectivity index (χ2v) is 7.92. The number of nitrogens with two attached hydrogens (primary N) is 1. The lowest BCUT2D eigenvalue weighted by atomic mass is 9.89. The van der Waals surface area contributed by atoms with Gasteiger partial charge in [0.05, 0.1) is 0 Å². The van der Waals surface area contributed by atoms with Crippen LogP contribution in [0.2, 0.25) is 0 Å². The molecule has 28 heavy (non-hydrogen) atoms. The van der Waals surface area contributed by atoms with Gasteiger partial charge in [-0.05, 0) is 37.2 Å². The molecule has 1 aromatic heterocycles. The fourth-order valence-electron chi connectivity index (χ4n) is 4.30. The molecule has 1 amide bonds. The van der Waals surface area contributed by atoms with Crippen LogP contribution in [0.15, 0.2) is 48.7 Å². The van der Waals surface area contributed by atoms with Gasteiger partial charge < -0.3 is 20.4 Å². The number of pyridine rings is 1. The Hall–Kier alpha value is -2.44. The molecule has 0 spiro atoms. The Morgan fingerprint density at radius 2 is 1.86 bits per heavy atom. The summed E-state index contributed by atoms with van der Waals surface area (Å²) in [5.74, 6) is 1.57. The van der Waals surface area contributed by atoms with Gasteiger partial charge in [0, 0.05) is 56.9 Å². The maximum Gasteiger partial charge on any atom is 0.254 e. The van der Waals surface area contributed by atoms with Gasteiger partial charge in [-0.25, -0.2) is 4.98 Å². The number of carbonyl (C=O) groups excluding carboxylic acids is 1. The van der Waals surface area contributed by atoms with E-state index < -0.39 is 0 Å². The van der Waals surface area contributed by atoms with Gasteiger partial charge in [0.15, 0.2) is 0 Å². The lowest BCUT2D eigenvalue weighted by Gasteiger charge is -2.33. The molecule has 0 aliphatic carbocycles. The maximum absolute atomic E-state index is 13.2.